The average molecular weight is 690 g/mol. The van der Waals surface area contributed by atoms with Crippen LogP contribution >= 0.6 is 23.2 Å². The van der Waals surface area contributed by atoms with E-state index in [-0.39, 0.29) is 0 Å². The Morgan fingerprint density at radius 1 is 0.360 bits per heavy atom. The van der Waals surface area contributed by atoms with E-state index >= 15 is 0 Å². The van der Waals surface area contributed by atoms with Crippen molar-refractivity contribution in [3.8, 4) is 0 Å². The summed E-state index contributed by atoms with van der Waals surface area (Å²) in [4.78, 5) is 8.63. The first-order valence-corrected chi connectivity index (χ1v) is 17.1. The summed E-state index contributed by atoms with van der Waals surface area (Å²) in [6, 6.07) is 57.7. The molecule has 6 heteroatoms. The summed E-state index contributed by atoms with van der Waals surface area (Å²) in [6.45, 7) is 0. The van der Waals surface area contributed by atoms with Crippen LogP contribution < -0.4 is 0 Å². The van der Waals surface area contributed by atoms with Crippen molar-refractivity contribution in [1.82, 2.24) is 19.1 Å². The standard InChI is InChI=1S/2C22H17ClN2/c2*23-21-14-8-7-13-20(21)22(25-16-15-24-17-25,18-9-3-1-4-10-18)19-11-5-2-6-12-19/h2*1-17H. The Kier molecular flexibility index (Phi) is 9.75. The molecule has 0 unspecified atom stereocenters. The van der Waals surface area contributed by atoms with Gasteiger partial charge in [-0.25, -0.2) is 9.97 Å². The molecule has 0 radical (unpaired) electrons. The lowest BCUT2D eigenvalue weighted by molar-refractivity contribution is 0.515. The van der Waals surface area contributed by atoms with Crippen molar-refractivity contribution >= 4 is 23.2 Å². The van der Waals surface area contributed by atoms with E-state index in [9.17, 15) is 0 Å². The maximum absolute atomic E-state index is 6.69. The Labute approximate surface area is 302 Å². The Balaban J connectivity index is 0.000000157. The highest BCUT2D eigenvalue weighted by Gasteiger charge is 2.40. The molecule has 0 fully saturated rings. The summed E-state index contributed by atoms with van der Waals surface area (Å²) in [7, 11) is 0. The molecule has 0 aliphatic heterocycles. The zero-order valence-electron chi connectivity index (χ0n) is 27.2. The van der Waals surface area contributed by atoms with Gasteiger partial charge < -0.3 is 9.13 Å². The number of rotatable bonds is 8. The van der Waals surface area contributed by atoms with Crippen LogP contribution in [0.3, 0.4) is 0 Å². The van der Waals surface area contributed by atoms with Gasteiger partial charge in [-0.15, -0.1) is 0 Å². The van der Waals surface area contributed by atoms with Crippen molar-refractivity contribution in [1.29, 1.82) is 0 Å². The van der Waals surface area contributed by atoms with E-state index < -0.39 is 11.1 Å². The zero-order valence-corrected chi connectivity index (χ0v) is 28.7. The Morgan fingerprint density at radius 2 is 0.640 bits per heavy atom. The second kappa shape index (κ2) is 14.8. The number of hydrogen-bond donors (Lipinski definition) is 0. The highest BCUT2D eigenvalue weighted by molar-refractivity contribution is 6.32. The number of hydrogen-bond acceptors (Lipinski definition) is 2. The minimum Gasteiger partial charge on any atom is -0.319 e. The minimum atomic E-state index is -0.586. The van der Waals surface area contributed by atoms with Gasteiger partial charge in [0, 0.05) is 46.0 Å². The molecule has 0 aliphatic carbocycles. The summed E-state index contributed by atoms with van der Waals surface area (Å²) in [6.07, 6.45) is 11.3. The number of aromatic nitrogens is 4. The summed E-state index contributed by atoms with van der Waals surface area (Å²) in [5.74, 6) is 0. The van der Waals surface area contributed by atoms with Gasteiger partial charge in [0.15, 0.2) is 0 Å². The number of nitrogens with zero attached hydrogens (tertiary/aromatic N) is 4. The van der Waals surface area contributed by atoms with Crippen LogP contribution in [0.1, 0.15) is 33.4 Å². The third-order valence-electron chi connectivity index (χ3n) is 9.08. The second-order valence-electron chi connectivity index (χ2n) is 11.8. The van der Waals surface area contributed by atoms with Crippen molar-refractivity contribution in [2.45, 2.75) is 11.1 Å². The lowest BCUT2D eigenvalue weighted by Crippen LogP contribution is -2.37. The van der Waals surface area contributed by atoms with Crippen LogP contribution in [0, 0.1) is 0 Å². The highest BCUT2D eigenvalue weighted by atomic mass is 35.5. The van der Waals surface area contributed by atoms with Crippen LogP contribution in [-0.2, 0) is 11.1 Å². The molecule has 50 heavy (non-hydrogen) atoms. The third-order valence-corrected chi connectivity index (χ3v) is 9.74. The number of benzene rings is 6. The van der Waals surface area contributed by atoms with Crippen molar-refractivity contribution in [2.24, 2.45) is 0 Å². The average Bonchev–Trinajstić information content (AvgIpc) is 3.93. The molecule has 0 amide bonds. The van der Waals surface area contributed by atoms with E-state index in [1.807, 2.05) is 85.7 Å². The van der Waals surface area contributed by atoms with Gasteiger partial charge >= 0.3 is 0 Å². The van der Waals surface area contributed by atoms with Crippen LogP contribution in [-0.4, -0.2) is 19.1 Å². The fraction of sp³-hybridized carbons (Fsp3) is 0.0455. The Bertz CT molecular complexity index is 1980. The first-order valence-electron chi connectivity index (χ1n) is 16.4. The van der Waals surface area contributed by atoms with Gasteiger partial charge in [-0.3, -0.25) is 0 Å². The van der Waals surface area contributed by atoms with Crippen molar-refractivity contribution in [3.05, 3.63) is 251 Å². The molecule has 0 aliphatic rings. The predicted octanol–water partition coefficient (Wildman–Crippen LogP) is 10.8. The van der Waals surface area contributed by atoms with Crippen molar-refractivity contribution < 1.29 is 0 Å². The van der Waals surface area contributed by atoms with Crippen LogP contribution in [0.25, 0.3) is 0 Å². The van der Waals surface area contributed by atoms with Gasteiger partial charge in [0.05, 0.1) is 12.7 Å². The maximum atomic E-state index is 6.69. The normalized spacial score (nSPS) is 11.4. The molecule has 4 nitrogen and oxygen atoms in total. The minimum absolute atomic E-state index is 0.586. The summed E-state index contributed by atoms with van der Waals surface area (Å²) < 4.78 is 4.25. The fourth-order valence-corrected chi connectivity index (χ4v) is 7.52. The number of imidazole rings is 2. The lowest BCUT2D eigenvalue weighted by Gasteiger charge is -2.37. The smallest absolute Gasteiger partial charge is 0.123 e. The molecule has 6 aromatic carbocycles. The Morgan fingerprint density at radius 3 is 0.900 bits per heavy atom. The largest absolute Gasteiger partial charge is 0.319 e. The third kappa shape index (κ3) is 5.94. The summed E-state index contributed by atoms with van der Waals surface area (Å²) in [5, 5.41) is 1.45. The van der Waals surface area contributed by atoms with Crippen molar-refractivity contribution in [2.75, 3.05) is 0 Å². The summed E-state index contributed by atoms with van der Waals surface area (Å²) in [5.41, 5.74) is 5.40. The van der Waals surface area contributed by atoms with Gasteiger partial charge in [-0.2, -0.15) is 0 Å². The Hall–Kier alpha value is -5.68. The highest BCUT2D eigenvalue weighted by Crippen LogP contribution is 2.44. The zero-order chi connectivity index (χ0) is 34.2. The molecule has 0 bridgehead atoms. The monoisotopic (exact) mass is 688 g/mol. The van der Waals surface area contributed by atoms with Gasteiger partial charge in [0.2, 0.25) is 0 Å². The topological polar surface area (TPSA) is 35.6 Å². The van der Waals surface area contributed by atoms with E-state index in [0.29, 0.717) is 0 Å². The molecule has 0 N–H and O–H groups in total. The molecule has 0 saturated heterocycles. The predicted molar refractivity (Wildman–Crippen MR) is 204 cm³/mol. The molecular weight excluding hydrogens is 655 g/mol. The molecule has 0 atom stereocenters. The molecule has 0 spiro atoms. The SMILES string of the molecule is Clc1ccccc1C(c1ccccc1)(c1ccccc1)n1ccnc1.Clc1ccccc1C(c1ccccc1)(c1ccccc1)n1ccnc1. The van der Waals surface area contributed by atoms with E-state index in [1.165, 1.54) is 0 Å². The van der Waals surface area contributed by atoms with E-state index in [4.69, 9.17) is 23.2 Å². The maximum Gasteiger partial charge on any atom is 0.123 e. The van der Waals surface area contributed by atoms with E-state index in [1.54, 1.807) is 12.4 Å². The molecule has 244 valence electrons. The first-order chi connectivity index (χ1) is 24.7. The number of halogens is 2. The molecule has 8 aromatic rings. The van der Waals surface area contributed by atoms with E-state index in [2.05, 4.69) is 128 Å². The van der Waals surface area contributed by atoms with Gasteiger partial charge in [0.25, 0.3) is 0 Å². The van der Waals surface area contributed by atoms with Crippen LogP contribution in [0.15, 0.2) is 207 Å². The molecule has 0 saturated carbocycles. The van der Waals surface area contributed by atoms with E-state index in [0.717, 1.165) is 43.4 Å². The van der Waals surface area contributed by atoms with Gasteiger partial charge in [-0.1, -0.05) is 181 Å². The van der Waals surface area contributed by atoms with Crippen LogP contribution in [0.5, 0.6) is 0 Å². The fourth-order valence-electron chi connectivity index (χ4n) is 6.97. The molecule has 8 rings (SSSR count). The van der Waals surface area contributed by atoms with Gasteiger partial charge in [-0.05, 0) is 34.4 Å². The summed E-state index contributed by atoms with van der Waals surface area (Å²) >= 11 is 13.4. The molecule has 2 heterocycles. The second-order valence-corrected chi connectivity index (χ2v) is 12.6. The van der Waals surface area contributed by atoms with Crippen LogP contribution in [0.2, 0.25) is 10.0 Å². The van der Waals surface area contributed by atoms with Crippen LogP contribution in [0.4, 0.5) is 0 Å². The van der Waals surface area contributed by atoms with Gasteiger partial charge in [0.1, 0.15) is 11.1 Å². The van der Waals surface area contributed by atoms with Crippen molar-refractivity contribution in [3.63, 3.8) is 0 Å². The molecular formula is C44H34Cl2N4. The molecule has 2 aromatic heterocycles. The first kappa shape index (κ1) is 32.8. The lowest BCUT2D eigenvalue weighted by atomic mass is 9.76. The quantitative estimate of drug-likeness (QED) is 0.149.